The van der Waals surface area contributed by atoms with Gasteiger partial charge in [0.2, 0.25) is 5.91 Å². The van der Waals surface area contributed by atoms with E-state index < -0.39 is 0 Å². The van der Waals surface area contributed by atoms with Gasteiger partial charge in [0, 0.05) is 22.0 Å². The van der Waals surface area contributed by atoms with Crippen LogP contribution in [0.25, 0.3) is 11.3 Å². The number of hydrogen-bond donors (Lipinski definition) is 2. The van der Waals surface area contributed by atoms with Gasteiger partial charge in [0.25, 0.3) is 0 Å². The highest BCUT2D eigenvalue weighted by molar-refractivity contribution is 7.14. The number of halogens is 2. The van der Waals surface area contributed by atoms with Crippen LogP contribution in [0.1, 0.15) is 25.5 Å². The molecule has 8 heteroatoms. The van der Waals surface area contributed by atoms with E-state index in [4.69, 9.17) is 27.9 Å². The van der Waals surface area contributed by atoms with Crippen molar-refractivity contribution in [2.75, 3.05) is 18.5 Å². The Balaban J connectivity index is 1.53. The summed E-state index contributed by atoms with van der Waals surface area (Å²) in [6.45, 7) is 4.76. The molecule has 0 aliphatic rings. The Morgan fingerprint density at radius 2 is 1.97 bits per heavy atom. The Hall–Kier alpha value is -2.12. The number of rotatable bonds is 8. The molecule has 29 heavy (non-hydrogen) atoms. The first-order valence-electron chi connectivity index (χ1n) is 9.13. The highest BCUT2D eigenvalue weighted by Gasteiger charge is 2.12. The lowest BCUT2D eigenvalue weighted by molar-refractivity contribution is -0.115. The van der Waals surface area contributed by atoms with Crippen LogP contribution in [-0.2, 0) is 4.79 Å². The van der Waals surface area contributed by atoms with E-state index in [2.05, 4.69) is 15.6 Å². The Morgan fingerprint density at radius 1 is 1.21 bits per heavy atom. The molecular formula is C21H21Cl2N3O2S. The monoisotopic (exact) mass is 449 g/mol. The number of anilines is 1. The van der Waals surface area contributed by atoms with Gasteiger partial charge in [-0.05, 0) is 49.7 Å². The SMILES string of the molecule is CCOc1ccc([C@H](C)NCC(=O)Nc2nc(-c3ccc(Cl)cc3Cl)cs2)cc1. The van der Waals surface area contributed by atoms with E-state index in [1.165, 1.54) is 11.3 Å². The van der Waals surface area contributed by atoms with Crippen LogP contribution in [0.2, 0.25) is 10.0 Å². The second-order valence-electron chi connectivity index (χ2n) is 6.31. The van der Waals surface area contributed by atoms with E-state index in [0.29, 0.717) is 27.5 Å². The van der Waals surface area contributed by atoms with Crippen molar-refractivity contribution in [3.8, 4) is 17.0 Å². The fraction of sp³-hybridized carbons (Fsp3) is 0.238. The van der Waals surface area contributed by atoms with Crippen LogP contribution in [-0.4, -0.2) is 24.0 Å². The average Bonchev–Trinajstić information content (AvgIpc) is 3.15. The maximum Gasteiger partial charge on any atom is 0.240 e. The van der Waals surface area contributed by atoms with Gasteiger partial charge < -0.3 is 15.4 Å². The summed E-state index contributed by atoms with van der Waals surface area (Å²) in [5.74, 6) is 0.674. The van der Waals surface area contributed by atoms with Crippen LogP contribution >= 0.6 is 34.5 Å². The van der Waals surface area contributed by atoms with Gasteiger partial charge in [-0.15, -0.1) is 11.3 Å². The third kappa shape index (κ3) is 5.93. The van der Waals surface area contributed by atoms with Crippen molar-refractivity contribution in [1.29, 1.82) is 0 Å². The third-order valence-corrected chi connectivity index (χ3v) is 5.52. The van der Waals surface area contributed by atoms with Crippen LogP contribution in [0.5, 0.6) is 5.75 Å². The molecule has 0 bridgehead atoms. The minimum atomic E-state index is -0.161. The van der Waals surface area contributed by atoms with Gasteiger partial charge in [0.1, 0.15) is 5.75 Å². The highest BCUT2D eigenvalue weighted by atomic mass is 35.5. The van der Waals surface area contributed by atoms with E-state index in [0.717, 1.165) is 16.9 Å². The number of aromatic nitrogens is 1. The molecule has 2 N–H and O–H groups in total. The smallest absolute Gasteiger partial charge is 0.240 e. The number of hydrogen-bond acceptors (Lipinski definition) is 5. The van der Waals surface area contributed by atoms with Gasteiger partial charge >= 0.3 is 0 Å². The fourth-order valence-electron chi connectivity index (χ4n) is 2.70. The van der Waals surface area contributed by atoms with E-state index in [1.807, 2.05) is 49.6 Å². The summed E-state index contributed by atoms with van der Waals surface area (Å²) >= 11 is 13.5. The molecule has 0 unspecified atom stereocenters. The van der Waals surface area contributed by atoms with Crippen molar-refractivity contribution < 1.29 is 9.53 Å². The van der Waals surface area contributed by atoms with E-state index in [1.54, 1.807) is 12.1 Å². The van der Waals surface area contributed by atoms with E-state index >= 15 is 0 Å². The molecule has 0 saturated carbocycles. The number of benzene rings is 2. The van der Waals surface area contributed by atoms with Crippen LogP contribution < -0.4 is 15.4 Å². The molecule has 1 atom stereocenters. The predicted octanol–water partition coefficient (Wildman–Crippen LogP) is 5.80. The largest absolute Gasteiger partial charge is 0.494 e. The molecule has 0 spiro atoms. The summed E-state index contributed by atoms with van der Waals surface area (Å²) in [5, 5.41) is 9.48. The number of carbonyl (C=O) groups excluding carboxylic acids is 1. The summed E-state index contributed by atoms with van der Waals surface area (Å²) in [5.41, 5.74) is 2.55. The zero-order chi connectivity index (χ0) is 20.8. The summed E-state index contributed by atoms with van der Waals surface area (Å²) in [4.78, 5) is 16.7. The number of ether oxygens (including phenoxy) is 1. The third-order valence-electron chi connectivity index (χ3n) is 4.22. The normalized spacial score (nSPS) is 11.9. The zero-order valence-electron chi connectivity index (χ0n) is 16.0. The first kappa shape index (κ1) is 21.6. The Labute approximate surface area is 184 Å². The maximum atomic E-state index is 12.3. The van der Waals surface area contributed by atoms with Gasteiger partial charge in [-0.2, -0.15) is 0 Å². The van der Waals surface area contributed by atoms with Gasteiger partial charge in [-0.3, -0.25) is 4.79 Å². The molecule has 0 radical (unpaired) electrons. The van der Waals surface area contributed by atoms with Gasteiger partial charge in [0.05, 0.1) is 23.9 Å². The first-order chi connectivity index (χ1) is 14.0. The topological polar surface area (TPSA) is 63.2 Å². The minimum absolute atomic E-state index is 0.0242. The molecule has 5 nitrogen and oxygen atoms in total. The molecule has 0 fully saturated rings. The summed E-state index contributed by atoms with van der Waals surface area (Å²) in [6.07, 6.45) is 0. The standard InChI is InChI=1S/C21H21Cl2N3O2S/c1-3-28-16-7-4-14(5-8-16)13(2)24-11-20(27)26-21-25-19(12-29-21)17-9-6-15(22)10-18(17)23/h4-10,12-13,24H,3,11H2,1-2H3,(H,25,26,27)/t13-/m0/s1. The quantitative estimate of drug-likeness (QED) is 0.455. The van der Waals surface area contributed by atoms with Gasteiger partial charge in [0.15, 0.2) is 5.13 Å². The van der Waals surface area contributed by atoms with Gasteiger partial charge in [-0.1, -0.05) is 35.3 Å². The minimum Gasteiger partial charge on any atom is -0.494 e. The number of nitrogens with zero attached hydrogens (tertiary/aromatic N) is 1. The molecule has 1 heterocycles. The number of carbonyl (C=O) groups is 1. The number of amides is 1. The molecule has 2 aromatic carbocycles. The summed E-state index contributed by atoms with van der Waals surface area (Å²) in [6, 6.07) is 13.1. The fourth-order valence-corrected chi connectivity index (χ4v) is 3.93. The lowest BCUT2D eigenvalue weighted by atomic mass is 10.1. The highest BCUT2D eigenvalue weighted by Crippen LogP contribution is 2.32. The van der Waals surface area contributed by atoms with E-state index in [9.17, 15) is 4.79 Å². The molecule has 1 amide bonds. The molecule has 0 aliphatic heterocycles. The van der Waals surface area contributed by atoms with Crippen molar-refractivity contribution >= 4 is 45.6 Å². The lowest BCUT2D eigenvalue weighted by Crippen LogP contribution is -2.30. The molecule has 1 aromatic heterocycles. The summed E-state index contributed by atoms with van der Waals surface area (Å²) in [7, 11) is 0. The summed E-state index contributed by atoms with van der Waals surface area (Å²) < 4.78 is 5.45. The van der Waals surface area contributed by atoms with E-state index in [-0.39, 0.29) is 18.5 Å². The zero-order valence-corrected chi connectivity index (χ0v) is 18.4. The molecule has 0 aliphatic carbocycles. The predicted molar refractivity (Wildman–Crippen MR) is 120 cm³/mol. The second-order valence-corrected chi connectivity index (χ2v) is 8.02. The first-order valence-corrected chi connectivity index (χ1v) is 10.8. The van der Waals surface area contributed by atoms with Crippen molar-refractivity contribution in [2.45, 2.75) is 19.9 Å². The Bertz CT molecular complexity index is 976. The van der Waals surface area contributed by atoms with Crippen molar-refractivity contribution in [3.63, 3.8) is 0 Å². The van der Waals surface area contributed by atoms with Crippen molar-refractivity contribution in [1.82, 2.24) is 10.3 Å². The van der Waals surface area contributed by atoms with Crippen LogP contribution in [0, 0.1) is 0 Å². The number of thiazole rings is 1. The van der Waals surface area contributed by atoms with Gasteiger partial charge in [-0.25, -0.2) is 4.98 Å². The second kappa shape index (κ2) is 10.1. The Kier molecular flexibility index (Phi) is 7.50. The maximum absolute atomic E-state index is 12.3. The molecule has 152 valence electrons. The average molecular weight is 450 g/mol. The molecular weight excluding hydrogens is 429 g/mol. The van der Waals surface area contributed by atoms with Crippen LogP contribution in [0.15, 0.2) is 47.8 Å². The van der Waals surface area contributed by atoms with Crippen LogP contribution in [0.3, 0.4) is 0 Å². The number of nitrogens with one attached hydrogen (secondary N) is 2. The van der Waals surface area contributed by atoms with Crippen molar-refractivity contribution in [3.05, 3.63) is 63.5 Å². The van der Waals surface area contributed by atoms with Crippen LogP contribution in [0.4, 0.5) is 5.13 Å². The lowest BCUT2D eigenvalue weighted by Gasteiger charge is -2.14. The molecule has 3 aromatic rings. The molecule has 3 rings (SSSR count). The Morgan fingerprint density at radius 3 is 2.66 bits per heavy atom. The van der Waals surface area contributed by atoms with Crippen molar-refractivity contribution in [2.24, 2.45) is 0 Å². The molecule has 0 saturated heterocycles.